The zero-order chi connectivity index (χ0) is 16.7. The van der Waals surface area contributed by atoms with Gasteiger partial charge in [-0.15, -0.1) is 0 Å². The molecule has 4 nitrogen and oxygen atoms in total. The fraction of sp³-hybridized carbons (Fsp3) is 0.333. The number of nitrogens with one attached hydrogen (secondary N) is 1. The Balaban J connectivity index is 1.65. The number of benzene rings is 1. The fourth-order valence-corrected chi connectivity index (χ4v) is 2.59. The van der Waals surface area contributed by atoms with Gasteiger partial charge in [0.25, 0.3) is 0 Å². The first-order chi connectivity index (χ1) is 10.8. The molecule has 0 atom stereocenters. The highest BCUT2D eigenvalue weighted by molar-refractivity contribution is 9.10. The summed E-state index contributed by atoms with van der Waals surface area (Å²) in [5.41, 5.74) is -1.15. The van der Waals surface area contributed by atoms with Crippen molar-refractivity contribution in [1.82, 2.24) is 5.16 Å². The second kappa shape index (κ2) is 5.67. The molecule has 2 aromatic rings. The van der Waals surface area contributed by atoms with Crippen molar-refractivity contribution in [2.24, 2.45) is 0 Å². The molecule has 23 heavy (non-hydrogen) atoms. The topological polar surface area (TPSA) is 55.1 Å². The molecule has 1 amide bonds. The molecule has 3 rings (SSSR count). The normalized spacial score (nSPS) is 16.2. The fourth-order valence-electron chi connectivity index (χ4n) is 2.33. The number of hydrogen-bond donors (Lipinski definition) is 1. The predicted octanol–water partition coefficient (Wildman–Crippen LogP) is 4.21. The van der Waals surface area contributed by atoms with E-state index in [2.05, 4.69) is 26.4 Å². The number of halogens is 4. The van der Waals surface area contributed by atoms with Gasteiger partial charge in [0.15, 0.2) is 11.6 Å². The van der Waals surface area contributed by atoms with Crippen molar-refractivity contribution in [1.29, 1.82) is 0 Å². The molecule has 1 aromatic carbocycles. The third-order valence-corrected chi connectivity index (χ3v) is 4.35. The Hall–Kier alpha value is -1.83. The summed E-state index contributed by atoms with van der Waals surface area (Å²) in [6.07, 6.45) is -4.30. The quantitative estimate of drug-likeness (QED) is 0.853. The van der Waals surface area contributed by atoms with Crippen LogP contribution in [0.15, 0.2) is 39.3 Å². The lowest BCUT2D eigenvalue weighted by molar-refractivity contribution is -0.165. The third kappa shape index (κ3) is 3.26. The number of carbonyl (C=O) groups is 1. The molecular weight excluding hydrogens is 377 g/mol. The lowest BCUT2D eigenvalue weighted by Gasteiger charge is -2.14. The van der Waals surface area contributed by atoms with Crippen LogP contribution in [0.1, 0.15) is 24.2 Å². The molecule has 0 spiro atoms. The number of aromatic nitrogens is 1. The van der Waals surface area contributed by atoms with E-state index in [9.17, 15) is 18.0 Å². The van der Waals surface area contributed by atoms with Crippen LogP contribution in [-0.2, 0) is 16.6 Å². The van der Waals surface area contributed by atoms with Crippen LogP contribution in [0.2, 0.25) is 0 Å². The Kier molecular flexibility index (Phi) is 3.95. The van der Waals surface area contributed by atoms with Crippen molar-refractivity contribution < 1.29 is 22.5 Å². The minimum atomic E-state index is -4.37. The molecule has 1 N–H and O–H groups in total. The van der Waals surface area contributed by atoms with Gasteiger partial charge in [0, 0.05) is 10.5 Å². The van der Waals surface area contributed by atoms with E-state index >= 15 is 0 Å². The lowest BCUT2D eigenvalue weighted by atomic mass is 10.0. The van der Waals surface area contributed by atoms with Gasteiger partial charge >= 0.3 is 6.18 Å². The summed E-state index contributed by atoms with van der Waals surface area (Å²) in [7, 11) is 0. The van der Waals surface area contributed by atoms with E-state index < -0.39 is 11.6 Å². The first kappa shape index (κ1) is 16.0. The van der Waals surface area contributed by atoms with Crippen molar-refractivity contribution >= 4 is 27.7 Å². The number of nitrogens with zero attached hydrogens (tertiary/aromatic N) is 1. The Morgan fingerprint density at radius 3 is 2.52 bits per heavy atom. The number of anilines is 1. The van der Waals surface area contributed by atoms with E-state index in [-0.39, 0.29) is 36.7 Å². The Morgan fingerprint density at radius 2 is 1.96 bits per heavy atom. The molecule has 1 heterocycles. The molecule has 8 heteroatoms. The highest BCUT2D eigenvalue weighted by atomic mass is 79.9. The third-order valence-electron chi connectivity index (χ3n) is 3.82. The Labute approximate surface area is 138 Å². The molecule has 1 aliphatic carbocycles. The summed E-state index contributed by atoms with van der Waals surface area (Å²) < 4.78 is 44.7. The molecule has 0 radical (unpaired) electrons. The highest BCUT2D eigenvalue weighted by Gasteiger charge is 2.66. The smallest absolute Gasteiger partial charge is 0.358 e. The average Bonchev–Trinajstić information content (AvgIpc) is 3.17. The molecule has 1 aliphatic rings. The van der Waals surface area contributed by atoms with Gasteiger partial charge in [0.2, 0.25) is 5.91 Å². The number of carbonyl (C=O) groups excluding carboxylic acids is 1. The first-order valence-corrected chi connectivity index (χ1v) is 7.68. The van der Waals surface area contributed by atoms with Gasteiger partial charge in [-0.1, -0.05) is 33.2 Å². The maximum atomic E-state index is 13.0. The number of amides is 1. The van der Waals surface area contributed by atoms with Crippen LogP contribution in [0.4, 0.5) is 19.0 Å². The highest BCUT2D eigenvalue weighted by Crippen LogP contribution is 2.59. The van der Waals surface area contributed by atoms with E-state index in [1.165, 1.54) is 0 Å². The van der Waals surface area contributed by atoms with Gasteiger partial charge in [-0.05, 0) is 30.5 Å². The van der Waals surface area contributed by atoms with Crippen molar-refractivity contribution in [3.63, 3.8) is 0 Å². The van der Waals surface area contributed by atoms with Crippen molar-refractivity contribution in [3.05, 3.63) is 46.1 Å². The second-order valence-corrected chi connectivity index (χ2v) is 6.42. The molecule has 0 saturated heterocycles. The maximum Gasteiger partial charge on any atom is 0.401 e. The lowest BCUT2D eigenvalue weighted by Crippen LogP contribution is -2.28. The molecule has 0 bridgehead atoms. The SMILES string of the molecule is O=C(Cc1ccc(Br)cc1)Nc1cc(C2(C(F)(F)F)CC2)on1. The Bertz CT molecular complexity index is 721. The van der Waals surface area contributed by atoms with Gasteiger partial charge < -0.3 is 9.84 Å². The number of hydrogen-bond acceptors (Lipinski definition) is 3. The molecule has 1 fully saturated rings. The monoisotopic (exact) mass is 388 g/mol. The van der Waals surface area contributed by atoms with E-state index in [1.807, 2.05) is 0 Å². The maximum absolute atomic E-state index is 13.0. The van der Waals surface area contributed by atoms with Crippen LogP contribution in [0.3, 0.4) is 0 Å². The van der Waals surface area contributed by atoms with Crippen LogP contribution in [0.25, 0.3) is 0 Å². The zero-order valence-corrected chi connectivity index (χ0v) is 13.4. The van der Waals surface area contributed by atoms with E-state index in [1.54, 1.807) is 24.3 Å². The van der Waals surface area contributed by atoms with Crippen LogP contribution < -0.4 is 5.32 Å². The Morgan fingerprint density at radius 1 is 1.30 bits per heavy atom. The zero-order valence-electron chi connectivity index (χ0n) is 11.8. The van der Waals surface area contributed by atoms with E-state index in [0.717, 1.165) is 16.1 Å². The average molecular weight is 389 g/mol. The number of alkyl halides is 3. The minimum Gasteiger partial charge on any atom is -0.358 e. The van der Waals surface area contributed by atoms with Crippen molar-refractivity contribution in [2.75, 3.05) is 5.32 Å². The summed E-state index contributed by atoms with van der Waals surface area (Å²) in [5, 5.41) is 5.97. The second-order valence-electron chi connectivity index (χ2n) is 5.51. The van der Waals surface area contributed by atoms with Gasteiger partial charge in [-0.25, -0.2) is 0 Å². The van der Waals surface area contributed by atoms with Gasteiger partial charge in [0.1, 0.15) is 5.41 Å². The van der Waals surface area contributed by atoms with Crippen LogP contribution >= 0.6 is 15.9 Å². The van der Waals surface area contributed by atoms with Crippen LogP contribution in [-0.4, -0.2) is 17.2 Å². The van der Waals surface area contributed by atoms with E-state index in [4.69, 9.17) is 4.52 Å². The first-order valence-electron chi connectivity index (χ1n) is 6.88. The van der Waals surface area contributed by atoms with Crippen molar-refractivity contribution in [2.45, 2.75) is 30.9 Å². The summed E-state index contributed by atoms with van der Waals surface area (Å²) in [6, 6.07) is 8.31. The van der Waals surface area contributed by atoms with E-state index in [0.29, 0.717) is 0 Å². The molecule has 1 saturated carbocycles. The predicted molar refractivity (Wildman–Crippen MR) is 79.9 cm³/mol. The molecule has 1 aromatic heterocycles. The van der Waals surface area contributed by atoms with Crippen LogP contribution in [0.5, 0.6) is 0 Å². The van der Waals surface area contributed by atoms with Crippen molar-refractivity contribution in [3.8, 4) is 0 Å². The summed E-state index contributed by atoms with van der Waals surface area (Å²) in [4.78, 5) is 11.9. The standard InChI is InChI=1S/C15H12BrF3N2O2/c16-10-3-1-9(2-4-10)7-13(22)20-12-8-11(23-21-12)14(5-6-14)15(17,18)19/h1-4,8H,5-7H2,(H,20,21,22). The number of rotatable bonds is 4. The summed E-state index contributed by atoms with van der Waals surface area (Å²) in [6.45, 7) is 0. The molecule has 122 valence electrons. The largest absolute Gasteiger partial charge is 0.401 e. The van der Waals surface area contributed by atoms with Gasteiger partial charge in [-0.2, -0.15) is 13.2 Å². The molecule has 0 unspecified atom stereocenters. The summed E-state index contributed by atoms with van der Waals surface area (Å²) in [5.74, 6) is -0.620. The minimum absolute atomic E-state index is 0.00219. The summed E-state index contributed by atoms with van der Waals surface area (Å²) >= 11 is 3.29. The van der Waals surface area contributed by atoms with Gasteiger partial charge in [-0.3, -0.25) is 4.79 Å². The van der Waals surface area contributed by atoms with Gasteiger partial charge in [0.05, 0.1) is 6.42 Å². The molecule has 0 aliphatic heterocycles. The van der Waals surface area contributed by atoms with Crippen LogP contribution in [0, 0.1) is 0 Å². The molecular formula is C15H12BrF3N2O2.